The van der Waals surface area contributed by atoms with Gasteiger partial charge >= 0.3 is 0 Å². The monoisotopic (exact) mass is 321 g/mol. The first-order valence-electron chi connectivity index (χ1n) is 8.23. The molecule has 4 heteroatoms. The Kier molecular flexibility index (Phi) is 3.95. The molecular formula is C20H19NO3. The van der Waals surface area contributed by atoms with Gasteiger partial charge in [0.25, 0.3) is 5.91 Å². The number of hydrogen-bond donors (Lipinski definition) is 0. The number of nitrogens with zero attached hydrogens (tertiary/aromatic N) is 1. The molecule has 24 heavy (non-hydrogen) atoms. The Labute approximate surface area is 140 Å². The van der Waals surface area contributed by atoms with Gasteiger partial charge in [-0.05, 0) is 47.9 Å². The molecule has 2 aromatic carbocycles. The van der Waals surface area contributed by atoms with Gasteiger partial charge < -0.3 is 14.1 Å². The maximum atomic E-state index is 12.5. The van der Waals surface area contributed by atoms with Crippen LogP contribution in [0, 0.1) is 0 Å². The number of benzene rings is 2. The topological polar surface area (TPSA) is 42.7 Å². The van der Waals surface area contributed by atoms with E-state index >= 15 is 0 Å². The number of furan rings is 1. The van der Waals surface area contributed by atoms with Crippen molar-refractivity contribution >= 4 is 16.7 Å². The van der Waals surface area contributed by atoms with Crippen LogP contribution in [-0.4, -0.2) is 23.5 Å². The summed E-state index contributed by atoms with van der Waals surface area (Å²) in [6.45, 7) is 0.563. The van der Waals surface area contributed by atoms with Gasteiger partial charge in [0.1, 0.15) is 11.5 Å². The first-order chi connectivity index (χ1) is 11.8. The maximum absolute atomic E-state index is 12.5. The third-order valence-electron chi connectivity index (χ3n) is 4.30. The van der Waals surface area contributed by atoms with E-state index in [9.17, 15) is 4.79 Å². The summed E-state index contributed by atoms with van der Waals surface area (Å²) in [4.78, 5) is 14.4. The largest absolute Gasteiger partial charge is 0.484 e. The minimum absolute atomic E-state index is 0.00191. The molecule has 1 aliphatic carbocycles. The number of hydrogen-bond acceptors (Lipinski definition) is 3. The van der Waals surface area contributed by atoms with E-state index in [1.54, 1.807) is 6.26 Å². The van der Waals surface area contributed by atoms with Gasteiger partial charge in [0.2, 0.25) is 0 Å². The van der Waals surface area contributed by atoms with Gasteiger partial charge in [0, 0.05) is 6.04 Å². The molecule has 0 unspecified atom stereocenters. The third kappa shape index (κ3) is 3.27. The van der Waals surface area contributed by atoms with Crippen LogP contribution in [0.25, 0.3) is 10.8 Å². The van der Waals surface area contributed by atoms with Gasteiger partial charge in [-0.15, -0.1) is 0 Å². The molecule has 1 aromatic heterocycles. The van der Waals surface area contributed by atoms with E-state index in [1.165, 1.54) is 0 Å². The Bertz CT molecular complexity index is 837. The normalized spacial score (nSPS) is 13.8. The Morgan fingerprint density at radius 3 is 2.67 bits per heavy atom. The summed E-state index contributed by atoms with van der Waals surface area (Å²) in [5.41, 5.74) is 0. The van der Waals surface area contributed by atoms with E-state index in [0.29, 0.717) is 12.6 Å². The number of ether oxygens (including phenoxy) is 1. The SMILES string of the molecule is O=C(COc1ccc2ccccc2c1)N(Cc1ccco1)C1CC1. The zero-order chi connectivity index (χ0) is 16.4. The lowest BCUT2D eigenvalue weighted by Gasteiger charge is -2.21. The minimum Gasteiger partial charge on any atom is -0.484 e. The van der Waals surface area contributed by atoms with Crippen molar-refractivity contribution in [2.24, 2.45) is 0 Å². The second-order valence-electron chi connectivity index (χ2n) is 6.13. The van der Waals surface area contributed by atoms with Crippen molar-refractivity contribution in [1.29, 1.82) is 0 Å². The summed E-state index contributed by atoms with van der Waals surface area (Å²) in [6.07, 6.45) is 3.75. The fourth-order valence-corrected chi connectivity index (χ4v) is 2.86. The molecule has 1 fully saturated rings. The second kappa shape index (κ2) is 6.40. The smallest absolute Gasteiger partial charge is 0.261 e. The Balaban J connectivity index is 1.42. The average Bonchev–Trinajstić information content (AvgIpc) is 3.33. The van der Waals surface area contributed by atoms with Gasteiger partial charge in [0.05, 0.1) is 12.8 Å². The van der Waals surface area contributed by atoms with Gasteiger partial charge in [-0.2, -0.15) is 0 Å². The second-order valence-corrected chi connectivity index (χ2v) is 6.13. The predicted octanol–water partition coefficient (Wildman–Crippen LogP) is 4.00. The van der Waals surface area contributed by atoms with Gasteiger partial charge in [-0.25, -0.2) is 0 Å². The average molecular weight is 321 g/mol. The third-order valence-corrected chi connectivity index (χ3v) is 4.30. The van der Waals surface area contributed by atoms with Gasteiger partial charge in [0.15, 0.2) is 6.61 Å². The molecule has 0 N–H and O–H groups in total. The van der Waals surface area contributed by atoms with Crippen molar-refractivity contribution < 1.29 is 13.9 Å². The van der Waals surface area contributed by atoms with E-state index in [4.69, 9.17) is 9.15 Å². The first kappa shape index (κ1) is 14.8. The van der Waals surface area contributed by atoms with E-state index in [2.05, 4.69) is 6.07 Å². The quantitative estimate of drug-likeness (QED) is 0.689. The molecule has 0 radical (unpaired) electrons. The van der Waals surface area contributed by atoms with E-state index in [-0.39, 0.29) is 12.5 Å². The molecule has 0 atom stereocenters. The molecule has 0 aliphatic heterocycles. The maximum Gasteiger partial charge on any atom is 0.261 e. The molecule has 1 aliphatic rings. The summed E-state index contributed by atoms with van der Waals surface area (Å²) in [6, 6.07) is 18.0. The fraction of sp³-hybridized carbons (Fsp3) is 0.250. The molecule has 1 saturated carbocycles. The molecular weight excluding hydrogens is 302 g/mol. The van der Waals surface area contributed by atoms with Crippen molar-refractivity contribution in [1.82, 2.24) is 4.90 Å². The van der Waals surface area contributed by atoms with Crippen LogP contribution in [0.4, 0.5) is 0 Å². The highest BCUT2D eigenvalue weighted by molar-refractivity contribution is 5.84. The molecule has 0 saturated heterocycles. The van der Waals surface area contributed by atoms with Crippen LogP contribution in [-0.2, 0) is 11.3 Å². The zero-order valence-electron chi connectivity index (χ0n) is 13.4. The first-order valence-corrected chi connectivity index (χ1v) is 8.23. The zero-order valence-corrected chi connectivity index (χ0v) is 13.4. The molecule has 3 aromatic rings. The van der Waals surface area contributed by atoms with Crippen LogP contribution in [0.5, 0.6) is 5.75 Å². The van der Waals surface area contributed by atoms with E-state index in [0.717, 1.165) is 35.1 Å². The van der Waals surface area contributed by atoms with Crippen molar-refractivity contribution in [3.05, 3.63) is 66.6 Å². The predicted molar refractivity (Wildman–Crippen MR) is 91.7 cm³/mol. The fourth-order valence-electron chi connectivity index (χ4n) is 2.86. The molecule has 0 spiro atoms. The molecule has 0 bridgehead atoms. The van der Waals surface area contributed by atoms with E-state index in [1.807, 2.05) is 53.4 Å². The van der Waals surface area contributed by atoms with Crippen LogP contribution in [0.2, 0.25) is 0 Å². The standard InChI is InChI=1S/C20H19NO3/c22-20(21(17-8-9-17)13-19-6-3-11-23-19)14-24-18-10-7-15-4-1-2-5-16(15)12-18/h1-7,10-12,17H,8-9,13-14H2. The van der Waals surface area contributed by atoms with Gasteiger partial charge in [-0.1, -0.05) is 30.3 Å². The lowest BCUT2D eigenvalue weighted by Crippen LogP contribution is -2.36. The number of carbonyl (C=O) groups excluding carboxylic acids is 1. The van der Waals surface area contributed by atoms with Crippen molar-refractivity contribution in [3.8, 4) is 5.75 Å². The highest BCUT2D eigenvalue weighted by atomic mass is 16.5. The van der Waals surface area contributed by atoms with Crippen LogP contribution >= 0.6 is 0 Å². The molecule has 4 rings (SSSR count). The van der Waals surface area contributed by atoms with Crippen molar-refractivity contribution in [2.75, 3.05) is 6.61 Å². The Morgan fingerprint density at radius 2 is 1.92 bits per heavy atom. The number of fused-ring (bicyclic) bond motifs is 1. The molecule has 1 heterocycles. The highest BCUT2D eigenvalue weighted by Crippen LogP contribution is 2.29. The summed E-state index contributed by atoms with van der Waals surface area (Å²) in [7, 11) is 0. The molecule has 1 amide bonds. The summed E-state index contributed by atoms with van der Waals surface area (Å²) in [5.74, 6) is 1.53. The highest BCUT2D eigenvalue weighted by Gasteiger charge is 2.33. The van der Waals surface area contributed by atoms with Crippen molar-refractivity contribution in [2.45, 2.75) is 25.4 Å². The van der Waals surface area contributed by atoms with Crippen molar-refractivity contribution in [3.63, 3.8) is 0 Å². The number of rotatable bonds is 6. The summed E-state index contributed by atoms with van der Waals surface area (Å²) < 4.78 is 11.1. The summed E-state index contributed by atoms with van der Waals surface area (Å²) in [5, 5.41) is 2.27. The van der Waals surface area contributed by atoms with Crippen LogP contribution < -0.4 is 4.74 Å². The van der Waals surface area contributed by atoms with Gasteiger partial charge in [-0.3, -0.25) is 4.79 Å². The number of carbonyl (C=O) groups is 1. The molecule has 122 valence electrons. The Morgan fingerprint density at radius 1 is 1.08 bits per heavy atom. The number of amides is 1. The van der Waals surface area contributed by atoms with Crippen LogP contribution in [0.15, 0.2) is 65.3 Å². The van der Waals surface area contributed by atoms with Crippen LogP contribution in [0.3, 0.4) is 0 Å². The van der Waals surface area contributed by atoms with Crippen LogP contribution in [0.1, 0.15) is 18.6 Å². The lowest BCUT2D eigenvalue weighted by molar-refractivity contribution is -0.134. The van der Waals surface area contributed by atoms with E-state index < -0.39 is 0 Å². The Hall–Kier alpha value is -2.75. The lowest BCUT2D eigenvalue weighted by atomic mass is 10.1. The summed E-state index contributed by atoms with van der Waals surface area (Å²) >= 11 is 0. The minimum atomic E-state index is 0.00191. The molecule has 4 nitrogen and oxygen atoms in total.